The Hall–Kier alpha value is -4.14. The maximum atomic E-state index is 16.7. The van der Waals surface area contributed by atoms with E-state index < -0.39 is 37.6 Å². The summed E-state index contributed by atoms with van der Waals surface area (Å²) in [5.74, 6) is -0.696. The number of benzene rings is 3. The molecule has 3 aromatic carbocycles. The average Bonchev–Trinajstić information content (AvgIpc) is 3.83. The second kappa shape index (κ2) is 15.8. The van der Waals surface area contributed by atoms with Gasteiger partial charge in [-0.25, -0.2) is 0 Å². The Labute approximate surface area is 323 Å². The number of fused-ring (bicyclic) bond motifs is 3. The highest BCUT2D eigenvalue weighted by Gasteiger charge is 2.67. The van der Waals surface area contributed by atoms with Gasteiger partial charge in [0.25, 0.3) is 5.91 Å². The van der Waals surface area contributed by atoms with Crippen molar-refractivity contribution in [1.29, 1.82) is 0 Å². The van der Waals surface area contributed by atoms with Crippen LogP contribution in [0.5, 0.6) is 5.75 Å². The van der Waals surface area contributed by atoms with Gasteiger partial charge in [0.1, 0.15) is 5.75 Å². The van der Waals surface area contributed by atoms with E-state index in [0.29, 0.717) is 79.4 Å². The maximum Gasteiger partial charge on any atom is 0.268 e. The Bertz CT molecular complexity index is 1910. The van der Waals surface area contributed by atoms with Crippen molar-refractivity contribution in [3.63, 3.8) is 0 Å². The Morgan fingerprint density at radius 2 is 1.78 bits per heavy atom. The smallest absolute Gasteiger partial charge is 0.268 e. The monoisotopic (exact) mass is 772 g/mol. The molecule has 4 heterocycles. The highest BCUT2D eigenvalue weighted by atomic mass is 28.4. The van der Waals surface area contributed by atoms with Gasteiger partial charge in [-0.3, -0.25) is 24.2 Å². The van der Waals surface area contributed by atoms with Crippen molar-refractivity contribution in [3.05, 3.63) is 77.9 Å². The number of hydrogen-bond donors (Lipinski definition) is 3. The van der Waals surface area contributed by atoms with Gasteiger partial charge in [0.05, 0.1) is 49.2 Å². The molecule has 13 heteroatoms. The number of hydrogen-bond acceptors (Lipinski definition) is 8. The highest BCUT2D eigenvalue weighted by Crippen LogP contribution is 2.62. The molecular formula is C42H53FN4O7Si. The first-order valence-corrected chi connectivity index (χ1v) is 22.6. The number of nitrogens with one attached hydrogen (secondary N) is 1. The van der Waals surface area contributed by atoms with E-state index in [4.69, 9.17) is 9.47 Å². The lowest BCUT2D eigenvalue weighted by Crippen LogP contribution is -2.49. The molecule has 6 atom stereocenters. The highest BCUT2D eigenvalue weighted by molar-refractivity contribution is 6.72. The van der Waals surface area contributed by atoms with Crippen LogP contribution in [0, 0.1) is 5.92 Å². The van der Waals surface area contributed by atoms with Crippen LogP contribution in [0.1, 0.15) is 57.1 Å². The summed E-state index contributed by atoms with van der Waals surface area (Å²) in [6.45, 7) is 8.49. The molecule has 0 saturated carbocycles. The summed E-state index contributed by atoms with van der Waals surface area (Å²) >= 11 is 0. The van der Waals surface area contributed by atoms with Gasteiger partial charge >= 0.3 is 0 Å². The molecule has 0 bridgehead atoms. The first-order valence-electron chi connectivity index (χ1n) is 19.7. The maximum absolute atomic E-state index is 16.7. The number of aliphatic hydroxyl groups is 2. The number of ether oxygens (including phenoxy) is 2. The molecular weight excluding hydrogens is 720 g/mol. The lowest BCUT2D eigenvalue weighted by molar-refractivity contribution is -0.149. The lowest BCUT2D eigenvalue weighted by Gasteiger charge is -2.36. The molecule has 3 N–H and O–H groups in total. The van der Waals surface area contributed by atoms with Gasteiger partial charge in [-0.15, -0.1) is 0 Å². The van der Waals surface area contributed by atoms with Crippen molar-refractivity contribution in [1.82, 2.24) is 10.2 Å². The van der Waals surface area contributed by atoms with Gasteiger partial charge in [0.15, 0.2) is 5.60 Å². The van der Waals surface area contributed by atoms with E-state index >= 15 is 8.90 Å². The summed E-state index contributed by atoms with van der Waals surface area (Å²) in [6, 6.07) is 19.6. The number of aliphatic hydroxyl groups excluding tert-OH is 2. The Morgan fingerprint density at radius 1 is 1.02 bits per heavy atom. The van der Waals surface area contributed by atoms with Crippen molar-refractivity contribution in [3.8, 4) is 5.75 Å². The molecule has 4 aliphatic heterocycles. The fourth-order valence-corrected chi connectivity index (χ4v) is 12.0. The summed E-state index contributed by atoms with van der Waals surface area (Å²) in [6.07, 6.45) is 2.26. The summed E-state index contributed by atoms with van der Waals surface area (Å²) in [5.41, 5.74) is 1.52. The predicted molar refractivity (Wildman–Crippen MR) is 211 cm³/mol. The number of likely N-dealkylation sites (tertiary alicyclic amines) is 1. The normalized spacial score (nSPS) is 26.2. The zero-order chi connectivity index (χ0) is 39.1. The van der Waals surface area contributed by atoms with Crippen LogP contribution >= 0.6 is 0 Å². The molecule has 3 amide bonds. The first-order chi connectivity index (χ1) is 26.4. The summed E-state index contributed by atoms with van der Waals surface area (Å²) in [7, 11) is -3.59. The number of rotatable bonds is 13. The third-order valence-corrected chi connectivity index (χ3v) is 14.4. The Morgan fingerprint density at radius 3 is 2.49 bits per heavy atom. The van der Waals surface area contributed by atoms with E-state index in [1.54, 1.807) is 27.8 Å². The standard InChI is InChI=1S/C42H53FN4O7Si/c1-5-53-32-16-18-35-28(22-32)23-34(44-19-9-10-21-48)40(51)46(35)30-15-17-36-33(24-30)42(41(52)47(36)29-12-7-6-8-13-29)27(2)39(55(3,4)43)37(54-42)25-38(50)45-20-11-14-31(45)26-49/h6-8,12-13,15-18,22,24,27,31,34,37,39,44,48-49H,5,9-11,14,19-21,23,25-26H2,1-4H3/t27-,31-,34?,37+,39-,42+/m0/s1. The third kappa shape index (κ3) is 6.98. The van der Waals surface area contributed by atoms with E-state index in [1.807, 2.05) is 80.6 Å². The van der Waals surface area contributed by atoms with Crippen LogP contribution in [0.3, 0.4) is 0 Å². The van der Waals surface area contributed by atoms with Gasteiger partial charge in [-0.05, 0) is 113 Å². The number of amides is 3. The van der Waals surface area contributed by atoms with Gasteiger partial charge in [0, 0.05) is 41.5 Å². The van der Waals surface area contributed by atoms with Crippen LogP contribution in [-0.2, 0) is 31.1 Å². The van der Waals surface area contributed by atoms with Gasteiger partial charge in [-0.2, -0.15) is 0 Å². The number of para-hydroxylation sites is 1. The van der Waals surface area contributed by atoms with Gasteiger partial charge < -0.3 is 34.0 Å². The second-order valence-corrected chi connectivity index (χ2v) is 19.6. The number of halogens is 1. The SMILES string of the molecule is CCOc1ccc2c(c1)CC(NCCCCO)C(=O)N2c1ccc2c(c1)[C@@]1(O[C@H](CC(=O)N3CCC[C@H]3CO)[C@@H]([Si](C)(C)F)[C@@H]1C)C(=O)N2c1ccccc1. The fourth-order valence-electron chi connectivity index (χ4n) is 9.50. The van der Waals surface area contributed by atoms with Crippen molar-refractivity contribution >= 4 is 48.9 Å². The molecule has 0 aliphatic carbocycles. The molecule has 0 aromatic heterocycles. The molecule has 1 unspecified atom stereocenters. The average molecular weight is 773 g/mol. The van der Waals surface area contributed by atoms with E-state index in [0.717, 1.165) is 12.0 Å². The minimum Gasteiger partial charge on any atom is -0.494 e. The lowest BCUT2D eigenvalue weighted by atomic mass is 9.82. The molecule has 7 rings (SSSR count). The minimum absolute atomic E-state index is 0.0719. The van der Waals surface area contributed by atoms with Crippen molar-refractivity contribution in [2.75, 3.05) is 42.7 Å². The van der Waals surface area contributed by atoms with E-state index in [2.05, 4.69) is 5.32 Å². The minimum atomic E-state index is -3.59. The zero-order valence-electron chi connectivity index (χ0n) is 32.2. The van der Waals surface area contributed by atoms with Crippen LogP contribution in [0.15, 0.2) is 66.7 Å². The third-order valence-electron chi connectivity index (χ3n) is 11.9. The van der Waals surface area contributed by atoms with E-state index in [-0.39, 0.29) is 43.4 Å². The van der Waals surface area contributed by atoms with Crippen molar-refractivity contribution in [2.45, 2.75) is 94.8 Å². The molecule has 1 spiro atoms. The number of unbranched alkanes of at least 4 members (excludes halogenated alkanes) is 1. The largest absolute Gasteiger partial charge is 0.494 e. The second-order valence-electron chi connectivity index (χ2n) is 15.8. The summed E-state index contributed by atoms with van der Waals surface area (Å²) < 4.78 is 29.5. The predicted octanol–water partition coefficient (Wildman–Crippen LogP) is 5.86. The number of carbonyl (C=O) groups excluding carboxylic acids is 3. The Kier molecular flexibility index (Phi) is 11.2. The summed E-state index contributed by atoms with van der Waals surface area (Å²) in [4.78, 5) is 48.5. The molecule has 3 aromatic rings. The number of carbonyl (C=O) groups is 3. The molecule has 0 radical (unpaired) electrons. The zero-order valence-corrected chi connectivity index (χ0v) is 33.2. The van der Waals surface area contributed by atoms with Crippen molar-refractivity contribution in [2.24, 2.45) is 5.92 Å². The van der Waals surface area contributed by atoms with Crippen molar-refractivity contribution < 1.29 is 38.2 Å². The fraction of sp³-hybridized carbons (Fsp3) is 0.500. The van der Waals surface area contributed by atoms with Gasteiger partial charge in [0.2, 0.25) is 20.2 Å². The number of anilines is 4. The molecule has 11 nitrogen and oxygen atoms in total. The number of nitrogens with zero attached hydrogens (tertiary/aromatic N) is 3. The summed E-state index contributed by atoms with van der Waals surface area (Å²) in [5, 5.41) is 22.7. The molecule has 294 valence electrons. The topological polar surface area (TPSA) is 132 Å². The van der Waals surface area contributed by atoms with Crippen LogP contribution < -0.4 is 19.9 Å². The first kappa shape index (κ1) is 39.1. The van der Waals surface area contributed by atoms with Crippen LogP contribution in [-0.4, -0.2) is 92.3 Å². The van der Waals surface area contributed by atoms with Crippen LogP contribution in [0.25, 0.3) is 0 Å². The van der Waals surface area contributed by atoms with Crippen LogP contribution in [0.2, 0.25) is 18.6 Å². The van der Waals surface area contributed by atoms with E-state index in [9.17, 15) is 19.8 Å². The quantitative estimate of drug-likeness (QED) is 0.112. The van der Waals surface area contributed by atoms with Gasteiger partial charge in [-0.1, -0.05) is 25.1 Å². The molecule has 55 heavy (non-hydrogen) atoms. The molecule has 2 fully saturated rings. The van der Waals surface area contributed by atoms with E-state index in [1.165, 1.54) is 0 Å². The molecule has 2 saturated heterocycles. The van der Waals surface area contributed by atoms with Crippen LogP contribution in [0.4, 0.5) is 26.9 Å². The Balaban J connectivity index is 1.34. The molecule has 4 aliphatic rings.